The summed E-state index contributed by atoms with van der Waals surface area (Å²) in [6.45, 7) is 1.77. The third-order valence-electron chi connectivity index (χ3n) is 3.94. The number of fused-ring (bicyclic) bond motifs is 1. The van der Waals surface area contributed by atoms with E-state index in [0.29, 0.717) is 22.9 Å². The van der Waals surface area contributed by atoms with Crippen LogP contribution in [0.5, 0.6) is 0 Å². The monoisotopic (exact) mass is 335 g/mol. The van der Waals surface area contributed by atoms with Crippen molar-refractivity contribution in [3.63, 3.8) is 0 Å². The largest absolute Gasteiger partial charge is 0.450 e. The lowest BCUT2D eigenvalue weighted by Gasteiger charge is -2.16. The molecule has 0 spiro atoms. The average molecular weight is 335 g/mol. The number of nitrogens with one attached hydrogen (secondary N) is 1. The Hall–Kier alpha value is -3.21. The lowest BCUT2D eigenvalue weighted by Crippen LogP contribution is -2.27. The first-order chi connectivity index (χ1) is 12.1. The van der Waals surface area contributed by atoms with Crippen molar-refractivity contribution >= 4 is 22.7 Å². The number of Topliss-reactive ketones (excluding diaryl/α,β-unsaturated/α-hetero) is 1. The van der Waals surface area contributed by atoms with Gasteiger partial charge in [0.2, 0.25) is 11.3 Å². The molecule has 2 aromatic carbocycles. The molecule has 0 amide bonds. The number of ether oxygens (including phenoxy) is 1. The van der Waals surface area contributed by atoms with E-state index in [0.717, 1.165) is 0 Å². The van der Waals surface area contributed by atoms with Crippen molar-refractivity contribution < 1.29 is 14.3 Å². The average Bonchev–Trinajstić information content (AvgIpc) is 2.65. The van der Waals surface area contributed by atoms with Crippen LogP contribution >= 0.6 is 0 Å². The van der Waals surface area contributed by atoms with E-state index in [1.54, 1.807) is 55.5 Å². The highest BCUT2D eigenvalue weighted by molar-refractivity contribution is 6.05. The maximum atomic E-state index is 12.6. The second-order valence-corrected chi connectivity index (χ2v) is 5.63. The van der Waals surface area contributed by atoms with Crippen LogP contribution in [0.15, 0.2) is 65.5 Å². The van der Waals surface area contributed by atoms with Gasteiger partial charge in [-0.3, -0.25) is 9.59 Å². The Balaban J connectivity index is 1.91. The van der Waals surface area contributed by atoms with Crippen molar-refractivity contribution in [1.29, 1.82) is 0 Å². The molecule has 0 saturated heterocycles. The smallest absolute Gasteiger partial charge is 0.339 e. The lowest BCUT2D eigenvalue weighted by atomic mass is 10.0. The third kappa shape index (κ3) is 3.50. The molecular weight excluding hydrogens is 318 g/mol. The summed E-state index contributed by atoms with van der Waals surface area (Å²) in [7, 11) is 0. The number of carbonyl (C=O) groups excluding carboxylic acids is 2. The standard InChI is InChI=1S/C20H17NO4/c1-2-17(19(23)13-8-4-3-5-9-13)25-20(24)15-12-18(22)21-16-11-7-6-10-14(15)16/h3-12,17H,2H2,1H3,(H,21,22)/t17-/m1/s1. The zero-order valence-corrected chi connectivity index (χ0v) is 13.7. The second kappa shape index (κ2) is 7.13. The van der Waals surface area contributed by atoms with E-state index in [1.807, 2.05) is 6.07 Å². The van der Waals surface area contributed by atoms with Crippen molar-refractivity contribution in [2.75, 3.05) is 0 Å². The number of pyridine rings is 1. The summed E-state index contributed by atoms with van der Waals surface area (Å²) in [6, 6.07) is 16.9. The van der Waals surface area contributed by atoms with Gasteiger partial charge in [-0.1, -0.05) is 55.5 Å². The molecule has 0 aliphatic rings. The summed E-state index contributed by atoms with van der Waals surface area (Å²) in [5, 5.41) is 0.578. The Kier molecular flexibility index (Phi) is 4.75. The summed E-state index contributed by atoms with van der Waals surface area (Å²) >= 11 is 0. The van der Waals surface area contributed by atoms with Crippen molar-refractivity contribution in [3.05, 3.63) is 82.1 Å². The van der Waals surface area contributed by atoms with E-state index in [4.69, 9.17) is 4.74 Å². The topological polar surface area (TPSA) is 76.2 Å². The van der Waals surface area contributed by atoms with Crippen molar-refractivity contribution in [1.82, 2.24) is 4.98 Å². The van der Waals surface area contributed by atoms with E-state index in [-0.39, 0.29) is 11.3 Å². The quantitative estimate of drug-likeness (QED) is 0.573. The maximum absolute atomic E-state index is 12.6. The van der Waals surface area contributed by atoms with Gasteiger partial charge in [0.15, 0.2) is 6.10 Å². The summed E-state index contributed by atoms with van der Waals surface area (Å²) in [4.78, 5) is 39.6. The van der Waals surface area contributed by atoms with Gasteiger partial charge < -0.3 is 9.72 Å². The van der Waals surface area contributed by atoms with Gasteiger partial charge in [0.1, 0.15) is 0 Å². The fourth-order valence-electron chi connectivity index (χ4n) is 2.68. The van der Waals surface area contributed by atoms with Gasteiger partial charge in [-0.25, -0.2) is 4.79 Å². The molecule has 1 atom stereocenters. The number of carbonyl (C=O) groups is 2. The lowest BCUT2D eigenvalue weighted by molar-refractivity contribution is 0.0279. The second-order valence-electron chi connectivity index (χ2n) is 5.63. The summed E-state index contributed by atoms with van der Waals surface area (Å²) in [5.41, 5.74) is 0.786. The molecule has 0 saturated carbocycles. The number of benzene rings is 2. The molecule has 5 nitrogen and oxygen atoms in total. The SMILES string of the molecule is CC[C@@H](OC(=O)c1cc(=O)[nH]c2ccccc12)C(=O)c1ccccc1. The minimum Gasteiger partial charge on any atom is -0.450 e. The van der Waals surface area contributed by atoms with Gasteiger partial charge in [-0.05, 0) is 12.5 Å². The predicted molar refractivity (Wildman–Crippen MR) is 94.8 cm³/mol. The highest BCUT2D eigenvalue weighted by Gasteiger charge is 2.24. The molecule has 0 radical (unpaired) electrons. The molecule has 0 fully saturated rings. The van der Waals surface area contributed by atoms with Crippen LogP contribution < -0.4 is 5.56 Å². The van der Waals surface area contributed by atoms with Crippen LogP contribution in [0.25, 0.3) is 10.9 Å². The Bertz CT molecular complexity index is 976. The number of hydrogen-bond donors (Lipinski definition) is 1. The summed E-state index contributed by atoms with van der Waals surface area (Å²) in [6.07, 6.45) is -0.548. The van der Waals surface area contributed by atoms with Crippen molar-refractivity contribution in [2.45, 2.75) is 19.4 Å². The number of H-pyrrole nitrogens is 1. The number of para-hydroxylation sites is 1. The van der Waals surface area contributed by atoms with E-state index in [1.165, 1.54) is 6.07 Å². The molecule has 25 heavy (non-hydrogen) atoms. The predicted octanol–water partition coefficient (Wildman–Crippen LogP) is 3.35. The zero-order chi connectivity index (χ0) is 17.8. The Morgan fingerprint density at radius 2 is 1.72 bits per heavy atom. The third-order valence-corrected chi connectivity index (χ3v) is 3.94. The molecule has 126 valence electrons. The highest BCUT2D eigenvalue weighted by Crippen LogP contribution is 2.18. The van der Waals surface area contributed by atoms with Crippen LogP contribution in [0.3, 0.4) is 0 Å². The van der Waals surface area contributed by atoms with E-state index in [2.05, 4.69) is 4.98 Å². The summed E-state index contributed by atoms with van der Waals surface area (Å²) < 4.78 is 5.42. The Morgan fingerprint density at radius 3 is 2.44 bits per heavy atom. The zero-order valence-electron chi connectivity index (χ0n) is 13.7. The molecular formula is C20H17NO4. The molecule has 0 unspecified atom stereocenters. The van der Waals surface area contributed by atoms with Gasteiger partial charge in [-0.15, -0.1) is 0 Å². The van der Waals surface area contributed by atoms with Crippen LogP contribution in [-0.2, 0) is 4.74 Å². The molecule has 0 bridgehead atoms. The van der Waals surface area contributed by atoms with Crippen LogP contribution in [0, 0.1) is 0 Å². The number of esters is 1. The van der Waals surface area contributed by atoms with Crippen LogP contribution in [-0.4, -0.2) is 22.8 Å². The Morgan fingerprint density at radius 1 is 1.04 bits per heavy atom. The first-order valence-corrected chi connectivity index (χ1v) is 8.02. The molecule has 0 aliphatic heterocycles. The van der Waals surface area contributed by atoms with E-state index in [9.17, 15) is 14.4 Å². The van der Waals surface area contributed by atoms with Crippen molar-refractivity contribution in [2.24, 2.45) is 0 Å². The number of ketones is 1. The van der Waals surface area contributed by atoms with Gasteiger partial charge >= 0.3 is 5.97 Å². The van der Waals surface area contributed by atoms with Crippen LogP contribution in [0.1, 0.15) is 34.1 Å². The number of rotatable bonds is 5. The van der Waals surface area contributed by atoms with Gasteiger partial charge in [-0.2, -0.15) is 0 Å². The van der Waals surface area contributed by atoms with Gasteiger partial charge in [0, 0.05) is 22.5 Å². The highest BCUT2D eigenvalue weighted by atomic mass is 16.5. The molecule has 1 N–H and O–H groups in total. The molecule has 1 heterocycles. The van der Waals surface area contributed by atoms with Crippen LogP contribution in [0.4, 0.5) is 0 Å². The number of aromatic amines is 1. The molecule has 5 heteroatoms. The van der Waals surface area contributed by atoms with Crippen molar-refractivity contribution in [3.8, 4) is 0 Å². The van der Waals surface area contributed by atoms with E-state index < -0.39 is 17.6 Å². The molecule has 0 aliphatic carbocycles. The molecule has 1 aromatic heterocycles. The first-order valence-electron chi connectivity index (χ1n) is 8.02. The number of hydrogen-bond acceptors (Lipinski definition) is 4. The van der Waals surface area contributed by atoms with Crippen LogP contribution in [0.2, 0.25) is 0 Å². The normalized spacial score (nSPS) is 11.9. The van der Waals surface area contributed by atoms with Gasteiger partial charge in [0.25, 0.3) is 0 Å². The van der Waals surface area contributed by atoms with Gasteiger partial charge in [0.05, 0.1) is 5.56 Å². The minimum atomic E-state index is -0.895. The number of aromatic nitrogens is 1. The fourth-order valence-corrected chi connectivity index (χ4v) is 2.68. The minimum absolute atomic E-state index is 0.152. The Labute approximate surface area is 144 Å². The molecule has 3 rings (SSSR count). The maximum Gasteiger partial charge on any atom is 0.339 e. The molecule has 3 aromatic rings. The van der Waals surface area contributed by atoms with E-state index >= 15 is 0 Å². The first kappa shape index (κ1) is 16.6. The summed E-state index contributed by atoms with van der Waals surface area (Å²) in [5.74, 6) is -0.941. The fraction of sp³-hybridized carbons (Fsp3) is 0.150.